The van der Waals surface area contributed by atoms with E-state index in [2.05, 4.69) is 26.2 Å². The van der Waals surface area contributed by atoms with E-state index in [9.17, 15) is 14.7 Å². The largest absolute Gasteiger partial charge is 0.507 e. The van der Waals surface area contributed by atoms with Gasteiger partial charge in [-0.3, -0.25) is 4.79 Å². The van der Waals surface area contributed by atoms with Crippen LogP contribution in [0.25, 0.3) is 0 Å². The smallest absolute Gasteiger partial charge is 0.354 e. The van der Waals surface area contributed by atoms with Crippen LogP contribution in [-0.4, -0.2) is 27.1 Å². The number of carbonyl (C=O) groups excluding carboxylic acids is 1. The van der Waals surface area contributed by atoms with Crippen LogP contribution in [0.3, 0.4) is 0 Å². The first-order valence-electron chi connectivity index (χ1n) is 5.92. The Morgan fingerprint density at radius 3 is 2.57 bits per heavy atom. The van der Waals surface area contributed by atoms with Gasteiger partial charge in [0.05, 0.1) is 4.47 Å². The van der Waals surface area contributed by atoms with Gasteiger partial charge in [-0.15, -0.1) is 0 Å². The third-order valence-electron chi connectivity index (χ3n) is 2.71. The van der Waals surface area contributed by atoms with Crippen molar-refractivity contribution in [2.45, 2.75) is 6.54 Å². The highest BCUT2D eigenvalue weighted by molar-refractivity contribution is 9.10. The number of pyridine rings is 1. The number of nitrogens with one attached hydrogen (secondary N) is 1. The highest BCUT2D eigenvalue weighted by Crippen LogP contribution is 2.24. The lowest BCUT2D eigenvalue weighted by Gasteiger charge is -2.06. The molecule has 0 bridgehead atoms. The van der Waals surface area contributed by atoms with Crippen molar-refractivity contribution < 1.29 is 19.8 Å². The second kappa shape index (κ2) is 6.36. The molecule has 0 aliphatic carbocycles. The monoisotopic (exact) mass is 350 g/mol. The number of hydrogen-bond acceptors (Lipinski definition) is 4. The van der Waals surface area contributed by atoms with Gasteiger partial charge in [0.1, 0.15) is 11.4 Å². The Hall–Kier alpha value is -2.41. The van der Waals surface area contributed by atoms with Gasteiger partial charge in [-0.25, -0.2) is 9.78 Å². The van der Waals surface area contributed by atoms with E-state index in [4.69, 9.17) is 5.11 Å². The Morgan fingerprint density at radius 1 is 1.24 bits per heavy atom. The number of rotatable bonds is 4. The van der Waals surface area contributed by atoms with E-state index in [1.54, 1.807) is 18.2 Å². The minimum Gasteiger partial charge on any atom is -0.507 e. The van der Waals surface area contributed by atoms with Gasteiger partial charge in [0.15, 0.2) is 0 Å². The zero-order valence-corrected chi connectivity index (χ0v) is 12.3. The standard InChI is InChI=1S/C14H11BrN2O4/c15-10-3-2-9(5-12(10)18)13(19)17-7-8-1-4-11(14(20)21)16-6-8/h1-6,18H,7H2,(H,17,19)(H,20,21). The van der Waals surface area contributed by atoms with E-state index in [-0.39, 0.29) is 23.9 Å². The average Bonchev–Trinajstić information content (AvgIpc) is 2.48. The molecule has 0 fully saturated rings. The summed E-state index contributed by atoms with van der Waals surface area (Å²) in [4.78, 5) is 26.3. The fourth-order valence-corrected chi connectivity index (χ4v) is 1.84. The number of phenolic OH excluding ortho intramolecular Hbond substituents is 1. The molecule has 1 heterocycles. The molecule has 21 heavy (non-hydrogen) atoms. The number of amides is 1. The first-order valence-corrected chi connectivity index (χ1v) is 6.71. The van der Waals surface area contributed by atoms with Crippen LogP contribution in [0, 0.1) is 0 Å². The summed E-state index contributed by atoms with van der Waals surface area (Å²) in [6.45, 7) is 0.211. The van der Waals surface area contributed by atoms with Crippen molar-refractivity contribution in [1.29, 1.82) is 0 Å². The number of aromatic carboxylic acids is 1. The van der Waals surface area contributed by atoms with Gasteiger partial charge in [0, 0.05) is 18.3 Å². The summed E-state index contributed by atoms with van der Waals surface area (Å²) < 4.78 is 0.507. The minimum atomic E-state index is -1.10. The molecule has 1 amide bonds. The van der Waals surface area contributed by atoms with Gasteiger partial charge < -0.3 is 15.5 Å². The lowest BCUT2D eigenvalue weighted by Crippen LogP contribution is -2.22. The van der Waals surface area contributed by atoms with Crippen LogP contribution in [0.2, 0.25) is 0 Å². The molecule has 108 valence electrons. The SMILES string of the molecule is O=C(NCc1ccc(C(=O)O)nc1)c1ccc(Br)c(O)c1. The van der Waals surface area contributed by atoms with E-state index < -0.39 is 5.97 Å². The summed E-state index contributed by atoms with van der Waals surface area (Å²) in [7, 11) is 0. The fraction of sp³-hybridized carbons (Fsp3) is 0.0714. The van der Waals surface area contributed by atoms with Crippen LogP contribution in [0.5, 0.6) is 5.75 Å². The summed E-state index contributed by atoms with van der Waals surface area (Å²) in [5.41, 5.74) is 0.948. The molecule has 0 saturated heterocycles. The number of carboxylic acids is 1. The van der Waals surface area contributed by atoms with Crippen molar-refractivity contribution in [1.82, 2.24) is 10.3 Å². The Labute approximate surface area is 128 Å². The van der Waals surface area contributed by atoms with E-state index in [0.29, 0.717) is 15.6 Å². The molecule has 7 heteroatoms. The molecule has 2 aromatic rings. The zero-order valence-electron chi connectivity index (χ0n) is 10.7. The number of hydrogen-bond donors (Lipinski definition) is 3. The van der Waals surface area contributed by atoms with Crippen LogP contribution >= 0.6 is 15.9 Å². The summed E-state index contributed by atoms with van der Waals surface area (Å²) >= 11 is 3.13. The Kier molecular flexibility index (Phi) is 4.54. The quantitative estimate of drug-likeness (QED) is 0.784. The first kappa shape index (κ1) is 15.0. The predicted molar refractivity (Wildman–Crippen MR) is 78.2 cm³/mol. The van der Waals surface area contributed by atoms with Crippen molar-refractivity contribution in [3.63, 3.8) is 0 Å². The van der Waals surface area contributed by atoms with Gasteiger partial charge in [0.25, 0.3) is 5.91 Å². The van der Waals surface area contributed by atoms with Gasteiger partial charge in [-0.1, -0.05) is 6.07 Å². The maximum Gasteiger partial charge on any atom is 0.354 e. The lowest BCUT2D eigenvalue weighted by atomic mass is 10.2. The molecule has 1 aromatic carbocycles. The lowest BCUT2D eigenvalue weighted by molar-refractivity contribution is 0.0690. The first-order chi connectivity index (χ1) is 9.97. The zero-order chi connectivity index (χ0) is 15.4. The van der Waals surface area contributed by atoms with E-state index in [1.165, 1.54) is 18.3 Å². The normalized spacial score (nSPS) is 10.1. The molecule has 0 aliphatic rings. The van der Waals surface area contributed by atoms with Crippen LogP contribution in [0.1, 0.15) is 26.4 Å². The van der Waals surface area contributed by atoms with Crippen LogP contribution in [0.4, 0.5) is 0 Å². The maximum absolute atomic E-state index is 11.9. The van der Waals surface area contributed by atoms with Crippen LogP contribution in [0.15, 0.2) is 41.0 Å². The molecule has 3 N–H and O–H groups in total. The predicted octanol–water partition coefficient (Wildman–Crippen LogP) is 2.18. The fourth-order valence-electron chi connectivity index (χ4n) is 1.59. The minimum absolute atomic E-state index is 0.0184. The number of aromatic nitrogens is 1. The third-order valence-corrected chi connectivity index (χ3v) is 3.38. The molecule has 0 unspecified atom stereocenters. The molecular formula is C14H11BrN2O4. The summed E-state index contributed by atoms with van der Waals surface area (Å²) in [6, 6.07) is 7.45. The number of phenols is 1. The Bertz CT molecular complexity index is 686. The van der Waals surface area contributed by atoms with Crippen molar-refractivity contribution in [3.8, 4) is 5.75 Å². The molecule has 0 atom stereocenters. The topological polar surface area (TPSA) is 99.5 Å². The maximum atomic E-state index is 11.9. The van der Waals surface area contributed by atoms with Gasteiger partial charge in [0.2, 0.25) is 0 Å². The van der Waals surface area contributed by atoms with E-state index in [1.807, 2.05) is 0 Å². The molecule has 0 aliphatic heterocycles. The van der Waals surface area contributed by atoms with Crippen molar-refractivity contribution in [3.05, 3.63) is 57.8 Å². The number of carboxylic acid groups (broad SMARTS) is 1. The Balaban J connectivity index is 2.00. The second-order valence-electron chi connectivity index (χ2n) is 4.21. The van der Waals surface area contributed by atoms with E-state index in [0.717, 1.165) is 0 Å². The molecule has 0 radical (unpaired) electrons. The number of benzene rings is 1. The third kappa shape index (κ3) is 3.79. The average molecular weight is 351 g/mol. The van der Waals surface area contributed by atoms with E-state index >= 15 is 0 Å². The molecule has 0 saturated carbocycles. The molecule has 1 aromatic heterocycles. The highest BCUT2D eigenvalue weighted by Gasteiger charge is 2.09. The van der Waals surface area contributed by atoms with Crippen molar-refractivity contribution in [2.24, 2.45) is 0 Å². The number of nitrogens with zero attached hydrogens (tertiary/aromatic N) is 1. The highest BCUT2D eigenvalue weighted by atomic mass is 79.9. The summed E-state index contributed by atoms with van der Waals surface area (Å²) in [6.07, 6.45) is 1.39. The number of carbonyl (C=O) groups is 2. The van der Waals surface area contributed by atoms with Gasteiger partial charge in [-0.05, 0) is 45.8 Å². The molecule has 2 rings (SSSR count). The van der Waals surface area contributed by atoms with Crippen LogP contribution in [-0.2, 0) is 6.54 Å². The molecule has 0 spiro atoms. The second-order valence-corrected chi connectivity index (χ2v) is 5.06. The molecular weight excluding hydrogens is 340 g/mol. The van der Waals surface area contributed by atoms with Crippen LogP contribution < -0.4 is 5.32 Å². The molecule has 6 nitrogen and oxygen atoms in total. The van der Waals surface area contributed by atoms with Gasteiger partial charge >= 0.3 is 5.97 Å². The summed E-state index contributed by atoms with van der Waals surface area (Å²) in [5, 5.41) is 20.9. The Morgan fingerprint density at radius 2 is 2.00 bits per heavy atom. The van der Waals surface area contributed by atoms with Crippen molar-refractivity contribution in [2.75, 3.05) is 0 Å². The van der Waals surface area contributed by atoms with Gasteiger partial charge in [-0.2, -0.15) is 0 Å². The number of halogens is 1. The summed E-state index contributed by atoms with van der Waals surface area (Å²) in [5.74, 6) is -1.47. The van der Waals surface area contributed by atoms with Crippen molar-refractivity contribution >= 4 is 27.8 Å². The number of aromatic hydroxyl groups is 1.